The van der Waals surface area contributed by atoms with Crippen LogP contribution in [0.15, 0.2) is 58.7 Å². The van der Waals surface area contributed by atoms with Crippen LogP contribution in [0.1, 0.15) is 15.9 Å². The van der Waals surface area contributed by atoms with Crippen LogP contribution in [0.2, 0.25) is 0 Å². The number of carbonyl (C=O) groups excluding carboxylic acids is 2. The molecule has 3 N–H and O–H groups in total. The van der Waals surface area contributed by atoms with Crippen molar-refractivity contribution < 1.29 is 14.5 Å². The van der Waals surface area contributed by atoms with E-state index in [9.17, 15) is 19.7 Å². The molecule has 8 heteroatoms. The first kappa shape index (κ1) is 17.4. The van der Waals surface area contributed by atoms with E-state index in [2.05, 4.69) is 21.2 Å². The number of hydrogen-bond acceptors (Lipinski definition) is 4. The highest BCUT2D eigenvalue weighted by molar-refractivity contribution is 9.10. The smallest absolute Gasteiger partial charge is 0.270 e. The fourth-order valence-electron chi connectivity index (χ4n) is 1.86. The molecule has 2 amide bonds. The molecule has 2 rings (SSSR count). The van der Waals surface area contributed by atoms with Crippen molar-refractivity contribution in [1.82, 2.24) is 5.32 Å². The molecule has 0 saturated heterocycles. The Kier molecular flexibility index (Phi) is 5.43. The summed E-state index contributed by atoms with van der Waals surface area (Å²) in [6, 6.07) is 12.1. The molecule has 0 fully saturated rings. The minimum absolute atomic E-state index is 0.133. The number of nitro groups is 1. The Morgan fingerprint density at radius 3 is 2.42 bits per heavy atom. The summed E-state index contributed by atoms with van der Waals surface area (Å²) in [6.45, 7) is 0. The molecule has 0 heterocycles. The summed E-state index contributed by atoms with van der Waals surface area (Å²) in [5.74, 6) is -1.37. The maximum atomic E-state index is 12.2. The van der Waals surface area contributed by atoms with Crippen molar-refractivity contribution in [3.8, 4) is 0 Å². The Bertz CT molecular complexity index is 831. The molecule has 0 spiro atoms. The lowest BCUT2D eigenvalue weighted by Gasteiger charge is -2.07. The van der Waals surface area contributed by atoms with E-state index in [0.29, 0.717) is 11.1 Å². The Morgan fingerprint density at radius 1 is 1.17 bits per heavy atom. The average molecular weight is 390 g/mol. The van der Waals surface area contributed by atoms with Crippen LogP contribution in [-0.2, 0) is 4.79 Å². The predicted molar refractivity (Wildman–Crippen MR) is 91.9 cm³/mol. The first-order chi connectivity index (χ1) is 11.4. The van der Waals surface area contributed by atoms with Gasteiger partial charge in [-0.25, -0.2) is 0 Å². The van der Waals surface area contributed by atoms with E-state index in [1.165, 1.54) is 24.3 Å². The van der Waals surface area contributed by atoms with Crippen molar-refractivity contribution in [2.75, 3.05) is 0 Å². The van der Waals surface area contributed by atoms with Gasteiger partial charge >= 0.3 is 0 Å². The third kappa shape index (κ3) is 4.50. The van der Waals surface area contributed by atoms with Gasteiger partial charge in [0.15, 0.2) is 0 Å². The molecule has 0 aliphatic rings. The SMILES string of the molecule is NC(=O)/C(=C\c1cccc([N+](=O)[O-])c1)NC(=O)c1ccc(Br)cc1. The third-order valence-electron chi connectivity index (χ3n) is 3.01. The van der Waals surface area contributed by atoms with Crippen LogP contribution in [0.4, 0.5) is 5.69 Å². The summed E-state index contributed by atoms with van der Waals surface area (Å²) < 4.78 is 0.807. The molecule has 2 aromatic rings. The number of nitrogens with zero attached hydrogens (tertiary/aromatic N) is 1. The normalized spacial score (nSPS) is 11.0. The van der Waals surface area contributed by atoms with Gasteiger partial charge in [0, 0.05) is 22.2 Å². The Morgan fingerprint density at radius 2 is 1.83 bits per heavy atom. The maximum absolute atomic E-state index is 12.2. The Hall–Kier alpha value is -3.00. The molecule has 0 saturated carbocycles. The van der Waals surface area contributed by atoms with Crippen LogP contribution < -0.4 is 11.1 Å². The molecular formula is C16H12BrN3O4. The van der Waals surface area contributed by atoms with Gasteiger partial charge in [-0.15, -0.1) is 0 Å². The van der Waals surface area contributed by atoms with Crippen molar-refractivity contribution in [3.63, 3.8) is 0 Å². The maximum Gasteiger partial charge on any atom is 0.270 e. The quantitative estimate of drug-likeness (QED) is 0.464. The fraction of sp³-hybridized carbons (Fsp3) is 0. The summed E-state index contributed by atoms with van der Waals surface area (Å²) in [5.41, 5.74) is 5.68. The van der Waals surface area contributed by atoms with Gasteiger partial charge < -0.3 is 11.1 Å². The molecule has 0 unspecified atom stereocenters. The monoisotopic (exact) mass is 389 g/mol. The van der Waals surface area contributed by atoms with Gasteiger partial charge in [0.1, 0.15) is 5.70 Å². The molecule has 24 heavy (non-hydrogen) atoms. The number of carbonyl (C=O) groups is 2. The van der Waals surface area contributed by atoms with Crippen LogP contribution >= 0.6 is 15.9 Å². The molecule has 2 aromatic carbocycles. The van der Waals surface area contributed by atoms with Gasteiger partial charge in [0.25, 0.3) is 17.5 Å². The summed E-state index contributed by atoms with van der Waals surface area (Å²) in [5, 5.41) is 13.2. The highest BCUT2D eigenvalue weighted by Gasteiger charge is 2.13. The zero-order chi connectivity index (χ0) is 17.7. The van der Waals surface area contributed by atoms with E-state index in [0.717, 1.165) is 4.47 Å². The van der Waals surface area contributed by atoms with E-state index in [1.54, 1.807) is 30.3 Å². The van der Waals surface area contributed by atoms with Gasteiger partial charge in [-0.05, 0) is 35.9 Å². The Balaban J connectivity index is 2.27. The average Bonchev–Trinajstić information content (AvgIpc) is 2.55. The van der Waals surface area contributed by atoms with Crippen LogP contribution in [0.3, 0.4) is 0 Å². The second kappa shape index (κ2) is 7.51. The number of amides is 2. The van der Waals surface area contributed by atoms with E-state index < -0.39 is 16.7 Å². The molecule has 0 radical (unpaired) electrons. The minimum atomic E-state index is -0.855. The zero-order valence-electron chi connectivity index (χ0n) is 12.2. The van der Waals surface area contributed by atoms with Crippen molar-refractivity contribution in [3.05, 3.63) is 79.9 Å². The van der Waals surface area contributed by atoms with Crippen molar-refractivity contribution in [2.24, 2.45) is 5.73 Å². The highest BCUT2D eigenvalue weighted by atomic mass is 79.9. The van der Waals surface area contributed by atoms with Crippen molar-refractivity contribution in [2.45, 2.75) is 0 Å². The fourth-order valence-corrected chi connectivity index (χ4v) is 2.12. The number of primary amides is 1. The van der Waals surface area contributed by atoms with E-state index >= 15 is 0 Å². The van der Waals surface area contributed by atoms with Crippen LogP contribution in [-0.4, -0.2) is 16.7 Å². The van der Waals surface area contributed by atoms with E-state index in [1.807, 2.05) is 0 Å². The standard InChI is InChI=1S/C16H12BrN3O4/c17-12-6-4-11(5-7-12)16(22)19-14(15(18)21)9-10-2-1-3-13(8-10)20(23)24/h1-9H,(H2,18,21)(H,19,22)/b14-9+. The van der Waals surface area contributed by atoms with Gasteiger partial charge in [-0.1, -0.05) is 28.1 Å². The third-order valence-corrected chi connectivity index (χ3v) is 3.54. The van der Waals surface area contributed by atoms with E-state index in [4.69, 9.17) is 5.73 Å². The number of nitrogens with one attached hydrogen (secondary N) is 1. The summed E-state index contributed by atoms with van der Waals surface area (Å²) in [7, 11) is 0. The first-order valence-electron chi connectivity index (χ1n) is 6.69. The first-order valence-corrected chi connectivity index (χ1v) is 7.49. The lowest BCUT2D eigenvalue weighted by Crippen LogP contribution is -2.31. The topological polar surface area (TPSA) is 115 Å². The largest absolute Gasteiger partial charge is 0.364 e. The lowest BCUT2D eigenvalue weighted by molar-refractivity contribution is -0.384. The minimum Gasteiger partial charge on any atom is -0.364 e. The van der Waals surface area contributed by atoms with Crippen LogP contribution in [0, 0.1) is 10.1 Å². The van der Waals surface area contributed by atoms with Gasteiger partial charge in [0.2, 0.25) is 0 Å². The van der Waals surface area contributed by atoms with E-state index in [-0.39, 0.29) is 11.4 Å². The van der Waals surface area contributed by atoms with Gasteiger partial charge in [-0.3, -0.25) is 19.7 Å². The summed E-state index contributed by atoms with van der Waals surface area (Å²) in [4.78, 5) is 33.9. The van der Waals surface area contributed by atoms with Crippen molar-refractivity contribution >= 4 is 39.5 Å². The molecule has 122 valence electrons. The second-order valence-corrected chi connectivity index (χ2v) is 5.65. The highest BCUT2D eigenvalue weighted by Crippen LogP contribution is 2.16. The molecule has 0 bridgehead atoms. The van der Waals surface area contributed by atoms with Gasteiger partial charge in [0.05, 0.1) is 4.92 Å². The molecular weight excluding hydrogens is 378 g/mol. The molecule has 0 atom stereocenters. The number of halogens is 1. The summed E-state index contributed by atoms with van der Waals surface area (Å²) in [6.07, 6.45) is 1.28. The summed E-state index contributed by atoms with van der Waals surface area (Å²) >= 11 is 3.26. The Labute approximate surface area is 145 Å². The molecule has 0 aromatic heterocycles. The van der Waals surface area contributed by atoms with Crippen molar-refractivity contribution in [1.29, 1.82) is 0 Å². The zero-order valence-corrected chi connectivity index (χ0v) is 13.8. The number of non-ortho nitro benzene ring substituents is 1. The lowest BCUT2D eigenvalue weighted by atomic mass is 10.1. The second-order valence-electron chi connectivity index (χ2n) is 4.74. The number of nitrogens with two attached hydrogens (primary N) is 1. The number of benzene rings is 2. The number of rotatable bonds is 5. The molecule has 0 aliphatic carbocycles. The van der Waals surface area contributed by atoms with Gasteiger partial charge in [-0.2, -0.15) is 0 Å². The molecule has 7 nitrogen and oxygen atoms in total. The number of nitro benzene ring substituents is 1. The predicted octanol–water partition coefficient (Wildman–Crippen LogP) is 2.61. The van der Waals surface area contributed by atoms with Crippen LogP contribution in [0.5, 0.6) is 0 Å². The van der Waals surface area contributed by atoms with Crippen LogP contribution in [0.25, 0.3) is 6.08 Å². The molecule has 0 aliphatic heterocycles. The number of hydrogen-bond donors (Lipinski definition) is 2.